The number of aryl methyl sites for hydroxylation is 1. The van der Waals surface area contributed by atoms with Gasteiger partial charge < -0.3 is 4.57 Å². The van der Waals surface area contributed by atoms with Crippen LogP contribution in [0, 0.1) is 18.8 Å². The Kier molecular flexibility index (Phi) is 3.30. The van der Waals surface area contributed by atoms with Crippen LogP contribution in [-0.4, -0.2) is 9.55 Å². The van der Waals surface area contributed by atoms with Crippen LogP contribution in [0.5, 0.6) is 0 Å². The maximum absolute atomic E-state index is 6.12. The molecule has 0 aliphatic heterocycles. The van der Waals surface area contributed by atoms with Crippen molar-refractivity contribution < 1.29 is 0 Å². The molecule has 19 heavy (non-hydrogen) atoms. The average molecular weight is 277 g/mol. The van der Waals surface area contributed by atoms with Gasteiger partial charge in [-0.3, -0.25) is 0 Å². The van der Waals surface area contributed by atoms with Gasteiger partial charge in [-0.1, -0.05) is 19.9 Å². The molecule has 1 saturated carbocycles. The Morgan fingerprint density at radius 3 is 2.74 bits per heavy atom. The largest absolute Gasteiger partial charge is 0.324 e. The smallest absolute Gasteiger partial charge is 0.125 e. The van der Waals surface area contributed by atoms with E-state index < -0.39 is 0 Å². The maximum atomic E-state index is 6.12. The SMILES string of the molecule is Cc1ccc2c(c1)nc(CCl)n2C1CCC(C)C1C. The summed E-state index contributed by atoms with van der Waals surface area (Å²) in [5.41, 5.74) is 3.58. The molecule has 3 heteroatoms. The summed E-state index contributed by atoms with van der Waals surface area (Å²) in [6, 6.07) is 7.08. The van der Waals surface area contributed by atoms with Crippen LogP contribution in [0.2, 0.25) is 0 Å². The van der Waals surface area contributed by atoms with Crippen molar-refractivity contribution in [3.63, 3.8) is 0 Å². The minimum atomic E-state index is 0.491. The zero-order valence-electron chi connectivity index (χ0n) is 11.9. The number of aromatic nitrogens is 2. The van der Waals surface area contributed by atoms with Gasteiger partial charge in [-0.2, -0.15) is 0 Å². The fourth-order valence-corrected chi connectivity index (χ4v) is 3.61. The van der Waals surface area contributed by atoms with Crippen molar-refractivity contribution in [3.8, 4) is 0 Å². The molecule has 3 unspecified atom stereocenters. The van der Waals surface area contributed by atoms with Crippen LogP contribution in [0.25, 0.3) is 11.0 Å². The monoisotopic (exact) mass is 276 g/mol. The average Bonchev–Trinajstić information content (AvgIpc) is 2.90. The highest BCUT2D eigenvalue weighted by molar-refractivity contribution is 6.16. The summed E-state index contributed by atoms with van der Waals surface area (Å²) in [6.45, 7) is 6.83. The second-order valence-electron chi connectivity index (χ2n) is 6.00. The lowest BCUT2D eigenvalue weighted by atomic mass is 9.97. The molecule has 2 aromatic rings. The van der Waals surface area contributed by atoms with Crippen molar-refractivity contribution in [2.45, 2.75) is 45.5 Å². The molecule has 1 heterocycles. The van der Waals surface area contributed by atoms with Gasteiger partial charge in [0.2, 0.25) is 0 Å². The van der Waals surface area contributed by atoms with Crippen molar-refractivity contribution in [1.29, 1.82) is 0 Å². The first kappa shape index (κ1) is 13.0. The highest BCUT2D eigenvalue weighted by atomic mass is 35.5. The molecule has 1 fully saturated rings. The molecule has 0 bridgehead atoms. The molecule has 1 aromatic heterocycles. The maximum Gasteiger partial charge on any atom is 0.125 e. The van der Waals surface area contributed by atoms with Gasteiger partial charge in [0.1, 0.15) is 5.82 Å². The van der Waals surface area contributed by atoms with Crippen LogP contribution in [0.3, 0.4) is 0 Å². The molecular formula is C16H21ClN2. The van der Waals surface area contributed by atoms with Gasteiger partial charge in [-0.25, -0.2) is 4.98 Å². The second-order valence-corrected chi connectivity index (χ2v) is 6.27. The zero-order valence-corrected chi connectivity index (χ0v) is 12.6. The van der Waals surface area contributed by atoms with E-state index in [1.807, 2.05) is 0 Å². The Balaban J connectivity index is 2.16. The molecule has 0 spiro atoms. The second kappa shape index (κ2) is 4.82. The number of fused-ring (bicyclic) bond motifs is 1. The summed E-state index contributed by atoms with van der Waals surface area (Å²) in [5.74, 6) is 3.00. The van der Waals surface area contributed by atoms with Gasteiger partial charge in [-0.05, 0) is 49.3 Å². The highest BCUT2D eigenvalue weighted by Gasteiger charge is 2.33. The van der Waals surface area contributed by atoms with Gasteiger partial charge >= 0.3 is 0 Å². The van der Waals surface area contributed by atoms with Crippen molar-refractivity contribution in [2.75, 3.05) is 0 Å². The molecule has 3 rings (SSSR count). The predicted molar refractivity (Wildman–Crippen MR) is 80.6 cm³/mol. The topological polar surface area (TPSA) is 17.8 Å². The van der Waals surface area contributed by atoms with Crippen LogP contribution < -0.4 is 0 Å². The van der Waals surface area contributed by atoms with E-state index in [9.17, 15) is 0 Å². The number of alkyl halides is 1. The fourth-order valence-electron chi connectivity index (χ4n) is 3.43. The summed E-state index contributed by atoms with van der Waals surface area (Å²) in [7, 11) is 0. The van der Waals surface area contributed by atoms with E-state index in [1.54, 1.807) is 0 Å². The molecule has 0 N–H and O–H groups in total. The van der Waals surface area contributed by atoms with Crippen LogP contribution in [0.15, 0.2) is 18.2 Å². The number of imidazole rings is 1. The Bertz CT molecular complexity index is 602. The van der Waals surface area contributed by atoms with Crippen LogP contribution in [-0.2, 0) is 5.88 Å². The Morgan fingerprint density at radius 1 is 1.32 bits per heavy atom. The number of benzene rings is 1. The van der Waals surface area contributed by atoms with Crippen LogP contribution >= 0.6 is 11.6 Å². The molecule has 0 saturated heterocycles. The van der Waals surface area contributed by atoms with Crippen molar-refractivity contribution in [3.05, 3.63) is 29.6 Å². The molecule has 2 nitrogen and oxygen atoms in total. The van der Waals surface area contributed by atoms with Gasteiger partial charge in [0.15, 0.2) is 0 Å². The quantitative estimate of drug-likeness (QED) is 0.728. The molecule has 1 aliphatic rings. The summed E-state index contributed by atoms with van der Waals surface area (Å²) in [6.07, 6.45) is 2.55. The van der Waals surface area contributed by atoms with E-state index in [-0.39, 0.29) is 0 Å². The van der Waals surface area contributed by atoms with E-state index in [0.29, 0.717) is 17.8 Å². The standard InChI is InChI=1S/C16H21ClN2/c1-10-4-6-15-13(8-10)18-16(9-17)19(15)14-7-5-11(2)12(14)3/h4,6,8,11-12,14H,5,7,9H2,1-3H3. The lowest BCUT2D eigenvalue weighted by Gasteiger charge is -2.22. The first-order chi connectivity index (χ1) is 9.11. The van der Waals surface area contributed by atoms with Crippen molar-refractivity contribution in [2.24, 2.45) is 11.8 Å². The number of hydrogen-bond donors (Lipinski definition) is 0. The first-order valence-corrected chi connectivity index (χ1v) is 7.68. The van der Waals surface area contributed by atoms with Gasteiger partial charge in [-0.15, -0.1) is 11.6 Å². The fraction of sp³-hybridized carbons (Fsp3) is 0.562. The highest BCUT2D eigenvalue weighted by Crippen LogP contribution is 2.42. The molecule has 0 amide bonds. The molecule has 1 aliphatic carbocycles. The van der Waals surface area contributed by atoms with E-state index in [1.165, 1.54) is 23.9 Å². The summed E-state index contributed by atoms with van der Waals surface area (Å²) >= 11 is 6.12. The molecule has 0 radical (unpaired) electrons. The molecule has 1 aromatic carbocycles. The summed E-state index contributed by atoms with van der Waals surface area (Å²) < 4.78 is 2.40. The summed E-state index contributed by atoms with van der Waals surface area (Å²) in [4.78, 5) is 4.73. The number of nitrogens with zero attached hydrogens (tertiary/aromatic N) is 2. The van der Waals surface area contributed by atoms with Gasteiger partial charge in [0, 0.05) is 6.04 Å². The molecular weight excluding hydrogens is 256 g/mol. The van der Waals surface area contributed by atoms with E-state index in [4.69, 9.17) is 16.6 Å². The lowest BCUT2D eigenvalue weighted by molar-refractivity contribution is 0.354. The minimum Gasteiger partial charge on any atom is -0.324 e. The normalized spacial score (nSPS) is 27.3. The van der Waals surface area contributed by atoms with E-state index in [0.717, 1.165) is 17.3 Å². The third-order valence-corrected chi connectivity index (χ3v) is 5.03. The van der Waals surface area contributed by atoms with Gasteiger partial charge in [0.25, 0.3) is 0 Å². The first-order valence-electron chi connectivity index (χ1n) is 7.15. The Labute approximate surface area is 119 Å². The van der Waals surface area contributed by atoms with Gasteiger partial charge in [0.05, 0.1) is 16.9 Å². The third-order valence-electron chi connectivity index (χ3n) is 4.79. The molecule has 3 atom stereocenters. The van der Waals surface area contributed by atoms with Crippen molar-refractivity contribution >= 4 is 22.6 Å². The summed E-state index contributed by atoms with van der Waals surface area (Å²) in [5, 5.41) is 0. The van der Waals surface area contributed by atoms with E-state index >= 15 is 0 Å². The molecule has 102 valence electrons. The minimum absolute atomic E-state index is 0.491. The van der Waals surface area contributed by atoms with Crippen LogP contribution in [0.1, 0.15) is 44.1 Å². The number of halogens is 1. The number of hydrogen-bond acceptors (Lipinski definition) is 1. The lowest BCUT2D eigenvalue weighted by Crippen LogP contribution is -2.16. The van der Waals surface area contributed by atoms with Crippen LogP contribution in [0.4, 0.5) is 0 Å². The third kappa shape index (κ3) is 2.06. The van der Waals surface area contributed by atoms with Crippen molar-refractivity contribution in [1.82, 2.24) is 9.55 Å². The predicted octanol–water partition coefficient (Wildman–Crippen LogP) is 4.69. The Morgan fingerprint density at radius 2 is 2.11 bits per heavy atom. The number of rotatable bonds is 2. The Hall–Kier alpha value is -1.02. The van der Waals surface area contributed by atoms with E-state index in [2.05, 4.69) is 43.5 Å². The zero-order chi connectivity index (χ0) is 13.6.